The summed E-state index contributed by atoms with van der Waals surface area (Å²) in [7, 11) is 0. The summed E-state index contributed by atoms with van der Waals surface area (Å²) in [5.74, 6) is 1.68. The number of benzene rings is 1. The van der Waals surface area contributed by atoms with E-state index in [-0.39, 0.29) is 5.91 Å². The second-order valence-corrected chi connectivity index (χ2v) is 5.90. The Morgan fingerprint density at radius 1 is 1.17 bits per heavy atom. The normalized spacial score (nSPS) is 15.0. The predicted molar refractivity (Wildman–Crippen MR) is 91.2 cm³/mol. The number of para-hydroxylation sites is 1. The van der Waals surface area contributed by atoms with Crippen molar-refractivity contribution in [1.82, 2.24) is 20.2 Å². The van der Waals surface area contributed by atoms with E-state index in [0.29, 0.717) is 13.1 Å². The fourth-order valence-corrected chi connectivity index (χ4v) is 2.89. The molecule has 0 atom stereocenters. The van der Waals surface area contributed by atoms with Crippen molar-refractivity contribution in [2.75, 3.05) is 31.5 Å². The first-order valence-corrected chi connectivity index (χ1v) is 8.19. The maximum Gasteiger partial charge on any atom is 0.216 e. The van der Waals surface area contributed by atoms with Crippen molar-refractivity contribution in [3.8, 4) is 0 Å². The van der Waals surface area contributed by atoms with Gasteiger partial charge in [-0.1, -0.05) is 12.1 Å². The van der Waals surface area contributed by atoms with Crippen LogP contribution < -0.4 is 10.6 Å². The summed E-state index contributed by atoms with van der Waals surface area (Å²) < 4.78 is 0. The predicted octanol–water partition coefficient (Wildman–Crippen LogP) is 1.77. The van der Waals surface area contributed by atoms with Crippen molar-refractivity contribution < 1.29 is 4.79 Å². The summed E-state index contributed by atoms with van der Waals surface area (Å²) in [5.41, 5.74) is 0.957. The van der Waals surface area contributed by atoms with Gasteiger partial charge in [0.05, 0.1) is 12.1 Å². The first-order chi connectivity index (χ1) is 11.2. The lowest BCUT2D eigenvalue weighted by atomic mass is 10.2. The van der Waals surface area contributed by atoms with Crippen LogP contribution in [0.2, 0.25) is 0 Å². The van der Waals surface area contributed by atoms with Gasteiger partial charge in [-0.2, -0.15) is 0 Å². The number of hydrogen-bond acceptors (Lipinski definition) is 5. The third kappa shape index (κ3) is 4.16. The molecule has 0 unspecified atom stereocenters. The number of carbonyl (C=O) groups is 1. The number of amides is 1. The van der Waals surface area contributed by atoms with E-state index in [0.717, 1.165) is 42.2 Å². The van der Waals surface area contributed by atoms with E-state index in [4.69, 9.17) is 9.97 Å². The van der Waals surface area contributed by atoms with Crippen LogP contribution in [-0.2, 0) is 11.3 Å². The molecule has 6 heteroatoms. The summed E-state index contributed by atoms with van der Waals surface area (Å²) in [6, 6.07) is 8.03. The minimum atomic E-state index is -0.0194. The first kappa shape index (κ1) is 15.7. The molecule has 0 aliphatic carbocycles. The summed E-state index contributed by atoms with van der Waals surface area (Å²) in [5, 5.41) is 7.12. The highest BCUT2D eigenvalue weighted by Crippen LogP contribution is 2.21. The third-order valence-electron chi connectivity index (χ3n) is 4.00. The Hall–Kier alpha value is -2.21. The standard InChI is InChI=1S/C17H23N5O/c1-13(23)18-8-9-19-17-14-6-2-3-7-15(14)20-16(21-17)12-22-10-4-5-11-22/h2-3,6-7H,4-5,8-12H2,1H3,(H,18,23)(H,19,20,21). The van der Waals surface area contributed by atoms with Crippen LogP contribution in [-0.4, -0.2) is 47.0 Å². The van der Waals surface area contributed by atoms with Crippen molar-refractivity contribution in [2.24, 2.45) is 0 Å². The molecule has 3 rings (SSSR count). The molecule has 1 aliphatic rings. The highest BCUT2D eigenvalue weighted by atomic mass is 16.1. The van der Waals surface area contributed by atoms with Crippen molar-refractivity contribution in [2.45, 2.75) is 26.3 Å². The molecule has 1 saturated heterocycles. The van der Waals surface area contributed by atoms with Crippen molar-refractivity contribution >= 4 is 22.6 Å². The molecule has 0 spiro atoms. The van der Waals surface area contributed by atoms with Gasteiger partial charge in [0.25, 0.3) is 0 Å². The number of nitrogens with one attached hydrogen (secondary N) is 2. The number of likely N-dealkylation sites (tertiary alicyclic amines) is 1. The highest BCUT2D eigenvalue weighted by molar-refractivity contribution is 5.89. The third-order valence-corrected chi connectivity index (χ3v) is 4.00. The number of fused-ring (bicyclic) bond motifs is 1. The fraction of sp³-hybridized carbons (Fsp3) is 0.471. The van der Waals surface area contributed by atoms with Crippen LogP contribution in [0.1, 0.15) is 25.6 Å². The van der Waals surface area contributed by atoms with E-state index in [1.807, 2.05) is 24.3 Å². The molecule has 1 fully saturated rings. The topological polar surface area (TPSA) is 70.2 Å². The second kappa shape index (κ2) is 7.37. The molecule has 1 aromatic heterocycles. The molecule has 0 radical (unpaired) electrons. The van der Waals surface area contributed by atoms with Gasteiger partial charge in [-0.3, -0.25) is 9.69 Å². The fourth-order valence-electron chi connectivity index (χ4n) is 2.89. The van der Waals surface area contributed by atoms with Crippen molar-refractivity contribution in [3.63, 3.8) is 0 Å². The van der Waals surface area contributed by atoms with Crippen LogP contribution in [0.15, 0.2) is 24.3 Å². The lowest BCUT2D eigenvalue weighted by Crippen LogP contribution is -2.26. The molecular formula is C17H23N5O. The zero-order valence-electron chi connectivity index (χ0n) is 13.5. The first-order valence-electron chi connectivity index (χ1n) is 8.19. The van der Waals surface area contributed by atoms with Gasteiger partial charge >= 0.3 is 0 Å². The van der Waals surface area contributed by atoms with Gasteiger partial charge in [-0.15, -0.1) is 0 Å². The average molecular weight is 313 g/mol. The Morgan fingerprint density at radius 2 is 1.96 bits per heavy atom. The summed E-state index contributed by atoms with van der Waals surface area (Å²) in [4.78, 5) is 22.7. The quantitative estimate of drug-likeness (QED) is 0.796. The SMILES string of the molecule is CC(=O)NCCNc1nc(CN2CCCC2)nc2ccccc12. The summed E-state index contributed by atoms with van der Waals surface area (Å²) in [6.45, 7) is 5.79. The molecule has 2 aromatic rings. The Kier molecular flexibility index (Phi) is 5.02. The maximum atomic E-state index is 10.9. The minimum absolute atomic E-state index is 0.0194. The number of anilines is 1. The van der Waals surface area contributed by atoms with E-state index in [1.54, 1.807) is 0 Å². The Bertz CT molecular complexity index is 682. The Balaban J connectivity index is 1.77. The van der Waals surface area contributed by atoms with Crippen molar-refractivity contribution in [3.05, 3.63) is 30.1 Å². The molecule has 0 saturated carbocycles. The van der Waals surface area contributed by atoms with Crippen LogP contribution in [0.5, 0.6) is 0 Å². The molecule has 1 aliphatic heterocycles. The second-order valence-electron chi connectivity index (χ2n) is 5.90. The number of carbonyl (C=O) groups excluding carboxylic acids is 1. The van der Waals surface area contributed by atoms with Gasteiger partial charge < -0.3 is 10.6 Å². The average Bonchev–Trinajstić information content (AvgIpc) is 3.04. The summed E-state index contributed by atoms with van der Waals surface area (Å²) >= 11 is 0. The number of nitrogens with zero attached hydrogens (tertiary/aromatic N) is 3. The van der Waals surface area contributed by atoms with Crippen molar-refractivity contribution in [1.29, 1.82) is 0 Å². The lowest BCUT2D eigenvalue weighted by Gasteiger charge is -2.15. The summed E-state index contributed by atoms with van der Waals surface area (Å²) in [6.07, 6.45) is 2.52. The molecule has 122 valence electrons. The molecule has 1 amide bonds. The van der Waals surface area contributed by atoms with Gasteiger partial charge in [-0.25, -0.2) is 9.97 Å². The van der Waals surface area contributed by atoms with Crippen LogP contribution in [0.3, 0.4) is 0 Å². The van der Waals surface area contributed by atoms with E-state index in [9.17, 15) is 4.79 Å². The van der Waals surface area contributed by atoms with Gasteiger partial charge in [-0.05, 0) is 38.1 Å². The molecule has 0 bridgehead atoms. The van der Waals surface area contributed by atoms with Gasteiger partial charge in [0.15, 0.2) is 0 Å². The maximum absolute atomic E-state index is 10.9. The zero-order valence-corrected chi connectivity index (χ0v) is 13.5. The Morgan fingerprint density at radius 3 is 2.74 bits per heavy atom. The smallest absolute Gasteiger partial charge is 0.216 e. The number of hydrogen-bond donors (Lipinski definition) is 2. The molecule has 6 nitrogen and oxygen atoms in total. The van der Waals surface area contributed by atoms with Crippen LogP contribution in [0.25, 0.3) is 10.9 Å². The van der Waals surface area contributed by atoms with E-state index in [2.05, 4.69) is 15.5 Å². The van der Waals surface area contributed by atoms with Crippen LogP contribution in [0, 0.1) is 0 Å². The van der Waals surface area contributed by atoms with E-state index >= 15 is 0 Å². The number of rotatable bonds is 6. The monoisotopic (exact) mass is 313 g/mol. The molecular weight excluding hydrogens is 290 g/mol. The number of aromatic nitrogens is 2. The molecule has 1 aromatic carbocycles. The van der Waals surface area contributed by atoms with Crippen LogP contribution >= 0.6 is 0 Å². The van der Waals surface area contributed by atoms with Gasteiger partial charge in [0, 0.05) is 25.4 Å². The Labute approximate surface area is 136 Å². The molecule has 23 heavy (non-hydrogen) atoms. The van der Waals surface area contributed by atoms with Crippen LogP contribution in [0.4, 0.5) is 5.82 Å². The van der Waals surface area contributed by atoms with Gasteiger partial charge in [0.2, 0.25) is 5.91 Å². The largest absolute Gasteiger partial charge is 0.368 e. The minimum Gasteiger partial charge on any atom is -0.368 e. The van der Waals surface area contributed by atoms with E-state index in [1.165, 1.54) is 19.8 Å². The van der Waals surface area contributed by atoms with Gasteiger partial charge in [0.1, 0.15) is 11.6 Å². The lowest BCUT2D eigenvalue weighted by molar-refractivity contribution is -0.118. The van der Waals surface area contributed by atoms with E-state index < -0.39 is 0 Å². The zero-order chi connectivity index (χ0) is 16.1. The highest BCUT2D eigenvalue weighted by Gasteiger charge is 2.15. The molecule has 2 N–H and O–H groups in total. The molecule has 2 heterocycles.